The van der Waals surface area contributed by atoms with E-state index in [0.717, 1.165) is 30.2 Å². The maximum absolute atomic E-state index is 6.03. The molecule has 0 aliphatic carbocycles. The Morgan fingerprint density at radius 1 is 1.03 bits per heavy atom. The summed E-state index contributed by atoms with van der Waals surface area (Å²) in [5.41, 5.74) is 9.24. The highest BCUT2D eigenvalue weighted by atomic mass is 15.5. The maximum Gasteiger partial charge on any atom is 0.135 e. The summed E-state index contributed by atoms with van der Waals surface area (Å²) in [6.07, 6.45) is 0. The molecule has 1 unspecified atom stereocenters. The summed E-state index contributed by atoms with van der Waals surface area (Å²) >= 11 is 0. The van der Waals surface area contributed by atoms with Crippen molar-refractivity contribution in [1.82, 2.24) is 9.91 Å². The average molecular weight is 424 g/mol. The topological polar surface area (TPSA) is 57.2 Å². The van der Waals surface area contributed by atoms with E-state index < -0.39 is 0 Å². The molecule has 1 heterocycles. The lowest BCUT2D eigenvalue weighted by molar-refractivity contribution is 0.358. The van der Waals surface area contributed by atoms with Crippen molar-refractivity contribution < 1.29 is 0 Å². The van der Waals surface area contributed by atoms with Crippen LogP contribution < -0.4 is 5.73 Å². The van der Waals surface area contributed by atoms with Crippen molar-refractivity contribution in [3.63, 3.8) is 0 Å². The normalized spacial score (nSPS) is 18.0. The van der Waals surface area contributed by atoms with Crippen molar-refractivity contribution in [2.45, 2.75) is 47.0 Å². The van der Waals surface area contributed by atoms with E-state index in [0.29, 0.717) is 13.2 Å². The zero-order valence-electron chi connectivity index (χ0n) is 20.5. The third kappa shape index (κ3) is 6.74. The molecule has 5 nitrogen and oxygen atoms in total. The van der Waals surface area contributed by atoms with Gasteiger partial charge < -0.3 is 5.73 Å². The van der Waals surface area contributed by atoms with Gasteiger partial charge in [0.2, 0.25) is 0 Å². The minimum atomic E-state index is -0.227. The summed E-state index contributed by atoms with van der Waals surface area (Å²) in [5.74, 6) is 0.823. The lowest BCUT2D eigenvalue weighted by Crippen LogP contribution is -2.39. The molecule has 170 valence electrons. The zero-order valence-corrected chi connectivity index (χ0v) is 20.5. The molecule has 0 radical (unpaired) electrons. The van der Waals surface area contributed by atoms with Crippen molar-refractivity contribution in [3.05, 3.63) is 71.8 Å². The van der Waals surface area contributed by atoms with E-state index in [-0.39, 0.29) is 5.41 Å². The van der Waals surface area contributed by atoms with Crippen LogP contribution in [-0.4, -0.2) is 54.8 Å². The van der Waals surface area contributed by atoms with Gasteiger partial charge in [-0.25, -0.2) is 5.01 Å². The zero-order chi connectivity index (χ0) is 23.3. The number of benzene rings is 2. The second-order valence-electron chi connectivity index (χ2n) is 7.16. The second-order valence-corrected chi connectivity index (χ2v) is 7.16. The first kappa shape index (κ1) is 26.5. The fraction of sp³-hybridized carbons (Fsp3) is 0.462. The average Bonchev–Trinajstić information content (AvgIpc) is 3.21. The van der Waals surface area contributed by atoms with Gasteiger partial charge in [0.15, 0.2) is 0 Å². The van der Waals surface area contributed by atoms with Crippen LogP contribution in [0.5, 0.6) is 0 Å². The Balaban J connectivity index is 0.00000113. The second kappa shape index (κ2) is 13.7. The Morgan fingerprint density at radius 3 is 2.10 bits per heavy atom. The SMILES string of the molecule is CC.CC.CCN(C)CN=C(CN)N1CC(C)(c2ccccc2)C(c2ccccc2)=N1. The molecule has 0 saturated heterocycles. The van der Waals surface area contributed by atoms with Crippen LogP contribution in [0.2, 0.25) is 0 Å². The molecule has 0 amide bonds. The molecule has 31 heavy (non-hydrogen) atoms. The van der Waals surface area contributed by atoms with E-state index in [4.69, 9.17) is 15.8 Å². The third-order valence-electron chi connectivity index (χ3n) is 5.18. The first-order chi connectivity index (χ1) is 15.1. The van der Waals surface area contributed by atoms with Crippen molar-refractivity contribution in [2.75, 3.05) is 33.4 Å². The molecule has 0 saturated carbocycles. The molecule has 2 aromatic rings. The van der Waals surface area contributed by atoms with Crippen LogP contribution in [0.3, 0.4) is 0 Å². The van der Waals surface area contributed by atoms with E-state index in [2.05, 4.69) is 67.3 Å². The van der Waals surface area contributed by atoms with Crippen LogP contribution >= 0.6 is 0 Å². The molecule has 2 aromatic carbocycles. The highest BCUT2D eigenvalue weighted by molar-refractivity contribution is 6.10. The first-order valence-corrected chi connectivity index (χ1v) is 11.5. The largest absolute Gasteiger partial charge is 0.324 e. The molecular formula is C26H41N5. The quantitative estimate of drug-likeness (QED) is 0.526. The molecule has 1 aliphatic rings. The number of nitrogens with two attached hydrogens (primary N) is 1. The maximum atomic E-state index is 6.03. The van der Waals surface area contributed by atoms with E-state index in [1.165, 1.54) is 5.56 Å². The summed E-state index contributed by atoms with van der Waals surface area (Å²) in [7, 11) is 2.05. The fourth-order valence-corrected chi connectivity index (χ4v) is 3.35. The van der Waals surface area contributed by atoms with Crippen LogP contribution in [0.25, 0.3) is 0 Å². The Kier molecular flexibility index (Phi) is 11.8. The number of rotatable bonds is 6. The van der Waals surface area contributed by atoms with Crippen LogP contribution in [0.1, 0.15) is 52.7 Å². The number of amidine groups is 1. The Hall–Kier alpha value is -2.50. The van der Waals surface area contributed by atoms with Gasteiger partial charge in [-0.2, -0.15) is 5.10 Å². The summed E-state index contributed by atoms with van der Waals surface area (Å²) in [5, 5.41) is 6.97. The number of hydrogen-bond donors (Lipinski definition) is 1. The standard InChI is InChI=1S/C22H29N5.2C2H6/c1-4-26(3)17-24-20(15-23)27-16-22(2,19-13-9-6-10-14-19)21(25-27)18-11-7-5-8-12-18;2*1-2/h5-14H,4,15-17,23H2,1-3H3;2*1-2H3. The van der Waals surface area contributed by atoms with E-state index >= 15 is 0 Å². The number of nitrogens with zero attached hydrogens (tertiary/aromatic N) is 4. The highest BCUT2D eigenvalue weighted by Crippen LogP contribution is 2.35. The minimum absolute atomic E-state index is 0.227. The van der Waals surface area contributed by atoms with Crippen LogP contribution in [-0.2, 0) is 5.41 Å². The molecule has 1 aliphatic heterocycles. The highest BCUT2D eigenvalue weighted by Gasteiger charge is 2.41. The van der Waals surface area contributed by atoms with Gasteiger partial charge in [-0.05, 0) is 31.6 Å². The molecule has 0 spiro atoms. The van der Waals surface area contributed by atoms with Gasteiger partial charge in [0, 0.05) is 0 Å². The predicted molar refractivity (Wildman–Crippen MR) is 136 cm³/mol. The monoisotopic (exact) mass is 423 g/mol. The predicted octanol–water partition coefficient (Wildman–Crippen LogP) is 4.98. The van der Waals surface area contributed by atoms with Gasteiger partial charge in [0.05, 0.1) is 30.9 Å². The number of hydrazone groups is 1. The van der Waals surface area contributed by atoms with Crippen molar-refractivity contribution >= 4 is 11.5 Å². The molecule has 1 atom stereocenters. The van der Waals surface area contributed by atoms with Gasteiger partial charge in [-0.1, -0.05) is 95.3 Å². The first-order valence-electron chi connectivity index (χ1n) is 11.5. The van der Waals surface area contributed by atoms with Crippen LogP contribution in [0.4, 0.5) is 0 Å². The van der Waals surface area contributed by atoms with Gasteiger partial charge in [0.1, 0.15) is 5.84 Å². The van der Waals surface area contributed by atoms with Gasteiger partial charge in [-0.15, -0.1) is 0 Å². The summed E-state index contributed by atoms with van der Waals surface area (Å²) < 4.78 is 0. The van der Waals surface area contributed by atoms with Crippen molar-refractivity contribution in [1.29, 1.82) is 0 Å². The molecule has 5 heteroatoms. The van der Waals surface area contributed by atoms with E-state index in [9.17, 15) is 0 Å². The Morgan fingerprint density at radius 2 is 1.58 bits per heavy atom. The van der Waals surface area contributed by atoms with Crippen molar-refractivity contribution in [2.24, 2.45) is 15.8 Å². The molecule has 2 N–H and O–H groups in total. The lowest BCUT2D eigenvalue weighted by Gasteiger charge is -2.27. The van der Waals surface area contributed by atoms with E-state index in [1.807, 2.05) is 51.9 Å². The van der Waals surface area contributed by atoms with E-state index in [1.54, 1.807) is 0 Å². The van der Waals surface area contributed by atoms with Gasteiger partial charge >= 0.3 is 0 Å². The molecule has 0 fully saturated rings. The number of hydrogen-bond acceptors (Lipinski definition) is 4. The summed E-state index contributed by atoms with van der Waals surface area (Å²) in [4.78, 5) is 6.86. The Bertz CT molecular complexity index is 801. The van der Waals surface area contributed by atoms with Crippen molar-refractivity contribution in [3.8, 4) is 0 Å². The number of aliphatic imine (C=N–C) groups is 1. The molecule has 3 rings (SSSR count). The third-order valence-corrected chi connectivity index (χ3v) is 5.18. The van der Waals surface area contributed by atoms with Gasteiger partial charge in [-0.3, -0.25) is 9.89 Å². The summed E-state index contributed by atoms with van der Waals surface area (Å²) in [6, 6.07) is 20.9. The Labute approximate surface area is 189 Å². The smallest absolute Gasteiger partial charge is 0.135 e. The minimum Gasteiger partial charge on any atom is -0.324 e. The molecule has 0 bridgehead atoms. The van der Waals surface area contributed by atoms with Gasteiger partial charge in [0.25, 0.3) is 0 Å². The summed E-state index contributed by atoms with van der Waals surface area (Å²) in [6.45, 7) is 15.0. The fourth-order valence-electron chi connectivity index (χ4n) is 3.35. The molecule has 0 aromatic heterocycles. The van der Waals surface area contributed by atoms with Crippen LogP contribution in [0.15, 0.2) is 70.8 Å². The lowest BCUT2D eigenvalue weighted by atomic mass is 9.76. The van der Waals surface area contributed by atoms with Crippen LogP contribution in [0, 0.1) is 0 Å². The molecular weight excluding hydrogens is 382 g/mol.